The van der Waals surface area contributed by atoms with Crippen LogP contribution < -0.4 is 10.1 Å². The summed E-state index contributed by atoms with van der Waals surface area (Å²) in [5.41, 5.74) is -2.26. The number of carbonyl (C=O) groups excluding carboxylic acids is 1. The van der Waals surface area contributed by atoms with Crippen molar-refractivity contribution in [1.82, 2.24) is 0 Å². The lowest BCUT2D eigenvalue weighted by atomic mass is 10.1. The summed E-state index contributed by atoms with van der Waals surface area (Å²) in [6, 6.07) is 4.42. The fraction of sp³-hybridized carbons (Fsp3) is 0.154. The Labute approximate surface area is 130 Å². The van der Waals surface area contributed by atoms with Crippen molar-refractivity contribution >= 4 is 11.5 Å². The molecular weight excluding hydrogens is 344 g/mol. The van der Waals surface area contributed by atoms with Crippen LogP contribution in [0.4, 0.5) is 32.0 Å². The third-order valence-corrected chi connectivity index (χ3v) is 2.34. The Hall–Kier alpha value is -3.21. The van der Waals surface area contributed by atoms with Crippen LogP contribution >= 0.6 is 0 Å². The van der Waals surface area contributed by atoms with Gasteiger partial charge in [0.15, 0.2) is 0 Å². The average molecular weight is 349 g/mol. The fourth-order valence-corrected chi connectivity index (χ4v) is 1.43. The van der Waals surface area contributed by atoms with Crippen molar-refractivity contribution in [1.29, 1.82) is 10.5 Å². The summed E-state index contributed by atoms with van der Waals surface area (Å²) in [7, 11) is 0. The molecule has 0 aromatic heterocycles. The molecule has 0 unspecified atom stereocenters. The molecule has 0 bridgehead atoms. The molecule has 0 radical (unpaired) electrons. The van der Waals surface area contributed by atoms with Crippen LogP contribution in [0.5, 0.6) is 5.75 Å². The van der Waals surface area contributed by atoms with Crippen LogP contribution in [0.2, 0.25) is 0 Å². The number of benzene rings is 1. The molecule has 0 fully saturated rings. The number of carbonyl (C=O) groups is 1. The maximum absolute atomic E-state index is 12.6. The number of anilines is 1. The molecule has 5 nitrogen and oxygen atoms in total. The van der Waals surface area contributed by atoms with Gasteiger partial charge >= 0.3 is 12.5 Å². The highest BCUT2D eigenvalue weighted by Crippen LogP contribution is 2.31. The number of halogens is 6. The van der Waals surface area contributed by atoms with Crippen molar-refractivity contribution in [2.24, 2.45) is 0 Å². The van der Waals surface area contributed by atoms with Gasteiger partial charge in [-0.3, -0.25) is 4.79 Å². The predicted molar refractivity (Wildman–Crippen MR) is 66.4 cm³/mol. The van der Waals surface area contributed by atoms with Crippen molar-refractivity contribution in [3.05, 3.63) is 35.5 Å². The van der Waals surface area contributed by atoms with E-state index >= 15 is 0 Å². The fourth-order valence-electron chi connectivity index (χ4n) is 1.43. The van der Waals surface area contributed by atoms with Gasteiger partial charge in [0, 0.05) is 11.9 Å². The van der Waals surface area contributed by atoms with E-state index in [-0.39, 0.29) is 6.07 Å². The van der Waals surface area contributed by atoms with Crippen molar-refractivity contribution in [2.75, 3.05) is 5.32 Å². The van der Waals surface area contributed by atoms with Gasteiger partial charge in [-0.2, -0.15) is 23.7 Å². The minimum absolute atomic E-state index is 0.248. The molecule has 0 aliphatic heterocycles. The number of nitriles is 2. The van der Waals surface area contributed by atoms with Gasteiger partial charge in [0.25, 0.3) is 5.78 Å². The second-order valence-electron chi connectivity index (χ2n) is 4.01. The lowest BCUT2D eigenvalue weighted by Crippen LogP contribution is -2.24. The van der Waals surface area contributed by atoms with Crippen molar-refractivity contribution in [2.45, 2.75) is 12.5 Å². The van der Waals surface area contributed by atoms with Crippen LogP contribution in [0.25, 0.3) is 0 Å². The van der Waals surface area contributed by atoms with E-state index in [2.05, 4.69) is 10.1 Å². The quantitative estimate of drug-likeness (QED) is 0.509. The highest BCUT2D eigenvalue weighted by atomic mass is 19.4. The monoisotopic (exact) mass is 349 g/mol. The Morgan fingerprint density at radius 2 is 1.71 bits per heavy atom. The van der Waals surface area contributed by atoms with Gasteiger partial charge in [0.05, 0.1) is 5.56 Å². The number of alkyl halides is 6. The molecule has 0 atom stereocenters. The maximum atomic E-state index is 12.6. The number of ether oxygens (including phenoxy) is 1. The van der Waals surface area contributed by atoms with E-state index in [1.807, 2.05) is 0 Å². The third kappa shape index (κ3) is 5.21. The lowest BCUT2D eigenvalue weighted by Gasteiger charge is -2.14. The van der Waals surface area contributed by atoms with Gasteiger partial charge < -0.3 is 10.1 Å². The second kappa shape index (κ2) is 6.91. The summed E-state index contributed by atoms with van der Waals surface area (Å²) in [6.45, 7) is 0. The highest BCUT2D eigenvalue weighted by Gasteiger charge is 2.41. The molecule has 0 amide bonds. The molecule has 11 heteroatoms. The van der Waals surface area contributed by atoms with Gasteiger partial charge in [-0.05, 0) is 18.2 Å². The zero-order valence-electron chi connectivity index (χ0n) is 11.3. The summed E-state index contributed by atoms with van der Waals surface area (Å²) in [5.74, 6) is -3.47. The summed E-state index contributed by atoms with van der Waals surface area (Å²) >= 11 is 0. The molecular formula is C13H5F6N3O2. The lowest BCUT2D eigenvalue weighted by molar-refractivity contribution is -0.274. The Kier molecular flexibility index (Phi) is 5.43. The summed E-state index contributed by atoms with van der Waals surface area (Å²) in [5, 5.41) is 19.1. The van der Waals surface area contributed by atoms with E-state index in [0.29, 0.717) is 18.3 Å². The Bertz CT molecular complexity index is 737. The molecule has 0 spiro atoms. The number of allylic oxidation sites excluding steroid dienone is 1. The molecule has 1 aromatic rings. The van der Waals surface area contributed by atoms with E-state index in [9.17, 15) is 31.1 Å². The summed E-state index contributed by atoms with van der Waals surface area (Å²) < 4.78 is 77.5. The average Bonchev–Trinajstić information content (AvgIpc) is 2.46. The SMILES string of the molecule is N#CC(C#N)=CNc1ccc(OC(F)(F)F)cc1C(=O)C(F)(F)F. The van der Waals surface area contributed by atoms with E-state index < -0.39 is 40.9 Å². The van der Waals surface area contributed by atoms with E-state index in [0.717, 1.165) is 0 Å². The molecule has 0 aliphatic carbocycles. The third-order valence-electron chi connectivity index (χ3n) is 2.34. The van der Waals surface area contributed by atoms with Gasteiger partial charge in [0.1, 0.15) is 23.5 Å². The van der Waals surface area contributed by atoms with E-state index in [1.54, 1.807) is 0 Å². The standard InChI is InChI=1S/C13H5F6N3O2/c14-12(15,16)11(23)9-3-8(24-13(17,18)19)1-2-10(9)22-6-7(4-20)5-21/h1-3,6,22H. The number of rotatable bonds is 4. The zero-order chi connectivity index (χ0) is 18.5. The normalized spacial score (nSPS) is 11.0. The Morgan fingerprint density at radius 3 is 2.17 bits per heavy atom. The predicted octanol–water partition coefficient (Wildman–Crippen LogP) is 3.67. The summed E-state index contributed by atoms with van der Waals surface area (Å²) in [4.78, 5) is 11.3. The van der Waals surface area contributed by atoms with Crippen LogP contribution in [-0.4, -0.2) is 18.3 Å². The molecule has 0 aliphatic rings. The molecule has 126 valence electrons. The van der Waals surface area contributed by atoms with E-state index in [4.69, 9.17) is 10.5 Å². The van der Waals surface area contributed by atoms with Crippen LogP contribution in [-0.2, 0) is 0 Å². The first kappa shape index (κ1) is 18.8. The number of nitrogens with zero attached hydrogens (tertiary/aromatic N) is 2. The van der Waals surface area contributed by atoms with Crippen molar-refractivity contribution < 1.29 is 35.9 Å². The number of Topliss-reactive ketones (excluding diaryl/α,β-unsaturated/α-hetero) is 1. The first-order valence-corrected chi connectivity index (χ1v) is 5.76. The minimum Gasteiger partial charge on any atom is -0.406 e. The topological polar surface area (TPSA) is 85.9 Å². The number of ketones is 1. The number of nitrogens with one attached hydrogen (secondary N) is 1. The molecule has 1 N–H and O–H groups in total. The summed E-state index contributed by atoms with van der Waals surface area (Å²) in [6.07, 6.45) is -9.82. The van der Waals surface area contributed by atoms with Gasteiger partial charge in [-0.1, -0.05) is 0 Å². The molecule has 24 heavy (non-hydrogen) atoms. The zero-order valence-corrected chi connectivity index (χ0v) is 11.3. The molecule has 0 saturated heterocycles. The minimum atomic E-state index is -5.36. The Morgan fingerprint density at radius 1 is 1.12 bits per heavy atom. The van der Waals surface area contributed by atoms with Crippen LogP contribution in [0, 0.1) is 22.7 Å². The number of hydrogen-bond acceptors (Lipinski definition) is 5. The van der Waals surface area contributed by atoms with Crippen LogP contribution in [0.3, 0.4) is 0 Å². The number of hydrogen-bond donors (Lipinski definition) is 1. The molecule has 1 aromatic carbocycles. The Balaban J connectivity index is 3.33. The van der Waals surface area contributed by atoms with Crippen molar-refractivity contribution in [3.8, 4) is 17.9 Å². The van der Waals surface area contributed by atoms with E-state index in [1.165, 1.54) is 12.1 Å². The molecule has 0 saturated carbocycles. The molecule has 1 rings (SSSR count). The largest absolute Gasteiger partial charge is 0.573 e. The van der Waals surface area contributed by atoms with Crippen LogP contribution in [0.1, 0.15) is 10.4 Å². The van der Waals surface area contributed by atoms with Gasteiger partial charge in [-0.25, -0.2) is 0 Å². The second-order valence-corrected chi connectivity index (χ2v) is 4.01. The molecule has 0 heterocycles. The maximum Gasteiger partial charge on any atom is 0.573 e. The van der Waals surface area contributed by atoms with Gasteiger partial charge in [-0.15, -0.1) is 13.2 Å². The first-order valence-electron chi connectivity index (χ1n) is 5.76. The first-order chi connectivity index (χ1) is 11.0. The van der Waals surface area contributed by atoms with Crippen molar-refractivity contribution in [3.63, 3.8) is 0 Å². The smallest absolute Gasteiger partial charge is 0.406 e. The highest BCUT2D eigenvalue weighted by molar-refractivity contribution is 6.05. The van der Waals surface area contributed by atoms with Crippen LogP contribution in [0.15, 0.2) is 30.0 Å². The van der Waals surface area contributed by atoms with Gasteiger partial charge in [0.2, 0.25) is 0 Å².